The topological polar surface area (TPSA) is 64.1 Å². The molecule has 0 aliphatic carbocycles. The zero-order valence-corrected chi connectivity index (χ0v) is 18.4. The number of nitrogens with zero attached hydrogens (tertiary/aromatic N) is 1. The van der Waals surface area contributed by atoms with E-state index < -0.39 is 0 Å². The van der Waals surface area contributed by atoms with Gasteiger partial charge in [-0.15, -0.1) is 24.0 Å². The molecule has 2 aliphatic heterocycles. The summed E-state index contributed by atoms with van der Waals surface area (Å²) in [6.07, 6.45) is 3.01. The van der Waals surface area contributed by atoms with Gasteiger partial charge in [-0.3, -0.25) is 4.99 Å². The van der Waals surface area contributed by atoms with Gasteiger partial charge < -0.3 is 24.8 Å². The number of ether oxygens (including phenoxy) is 3. The molecule has 1 fully saturated rings. The fraction of sp³-hybridized carbons (Fsp3) is 0.611. The maximum atomic E-state index is 6.28. The molecule has 146 valence electrons. The first-order valence-corrected chi connectivity index (χ1v) is 9.14. The molecule has 2 heterocycles. The molecule has 1 unspecified atom stereocenters. The van der Waals surface area contributed by atoms with Crippen LogP contribution >= 0.6 is 35.6 Å². The molecule has 0 aromatic heterocycles. The number of aliphatic imine (C=N–C) groups is 1. The van der Waals surface area contributed by atoms with Crippen LogP contribution < -0.4 is 20.1 Å². The molecule has 0 amide bonds. The fourth-order valence-corrected chi connectivity index (χ4v) is 3.39. The Morgan fingerprint density at radius 3 is 2.77 bits per heavy atom. The summed E-state index contributed by atoms with van der Waals surface area (Å²) in [5.41, 5.74) is 1.00. The fourth-order valence-electron chi connectivity index (χ4n) is 3.10. The van der Waals surface area contributed by atoms with E-state index in [1.54, 1.807) is 7.05 Å². The Morgan fingerprint density at radius 2 is 2.04 bits per heavy atom. The molecular formula is C18H27ClIN3O3. The summed E-state index contributed by atoms with van der Waals surface area (Å²) in [5.74, 6) is 2.15. The van der Waals surface area contributed by atoms with Crippen molar-refractivity contribution in [1.82, 2.24) is 10.6 Å². The van der Waals surface area contributed by atoms with Crippen molar-refractivity contribution in [3.8, 4) is 11.5 Å². The van der Waals surface area contributed by atoms with Crippen LogP contribution in [0.15, 0.2) is 17.1 Å². The van der Waals surface area contributed by atoms with Crippen LogP contribution in [0.4, 0.5) is 0 Å². The molecular weight excluding hydrogens is 469 g/mol. The van der Waals surface area contributed by atoms with Crippen molar-refractivity contribution in [2.45, 2.75) is 31.8 Å². The molecule has 0 spiro atoms. The Balaban J connectivity index is 0.00000243. The first kappa shape index (κ1) is 21.4. The lowest BCUT2D eigenvalue weighted by Crippen LogP contribution is -2.45. The largest absolute Gasteiger partial charge is 0.486 e. The molecule has 6 nitrogen and oxygen atoms in total. The molecule has 0 saturated carbocycles. The van der Waals surface area contributed by atoms with E-state index in [0.717, 1.165) is 56.2 Å². The number of halogens is 2. The molecule has 2 N–H and O–H groups in total. The highest BCUT2D eigenvalue weighted by molar-refractivity contribution is 14.0. The first-order chi connectivity index (χ1) is 12.1. The van der Waals surface area contributed by atoms with E-state index in [1.165, 1.54) is 0 Å². The van der Waals surface area contributed by atoms with Gasteiger partial charge in [0.05, 0.1) is 10.6 Å². The minimum Gasteiger partial charge on any atom is -0.486 e. The Kier molecular flexibility index (Phi) is 8.09. The van der Waals surface area contributed by atoms with Crippen LogP contribution in [0, 0.1) is 0 Å². The lowest BCUT2D eigenvalue weighted by Gasteiger charge is -2.24. The molecule has 1 atom stereocenters. The van der Waals surface area contributed by atoms with Crippen LogP contribution in [0.1, 0.15) is 25.3 Å². The summed E-state index contributed by atoms with van der Waals surface area (Å²) in [6, 6.07) is 3.92. The van der Waals surface area contributed by atoms with Crippen LogP contribution in [-0.4, -0.2) is 51.5 Å². The van der Waals surface area contributed by atoms with E-state index in [1.807, 2.05) is 12.1 Å². The lowest BCUT2D eigenvalue weighted by molar-refractivity contribution is 0.0243. The van der Waals surface area contributed by atoms with E-state index in [4.69, 9.17) is 25.8 Å². The average molecular weight is 496 g/mol. The first-order valence-electron chi connectivity index (χ1n) is 8.76. The summed E-state index contributed by atoms with van der Waals surface area (Å²) >= 11 is 6.28. The second kappa shape index (κ2) is 9.85. The molecule has 26 heavy (non-hydrogen) atoms. The van der Waals surface area contributed by atoms with Crippen molar-refractivity contribution >= 4 is 41.5 Å². The second-order valence-corrected chi connectivity index (χ2v) is 7.01. The van der Waals surface area contributed by atoms with E-state index in [-0.39, 0.29) is 29.6 Å². The van der Waals surface area contributed by atoms with Crippen molar-refractivity contribution in [2.24, 2.45) is 4.99 Å². The van der Waals surface area contributed by atoms with Crippen LogP contribution in [-0.2, 0) is 11.2 Å². The monoisotopic (exact) mass is 495 g/mol. The summed E-state index contributed by atoms with van der Waals surface area (Å²) < 4.78 is 17.0. The minimum atomic E-state index is -0.0963. The third kappa shape index (κ3) is 5.53. The van der Waals surface area contributed by atoms with Crippen molar-refractivity contribution in [3.63, 3.8) is 0 Å². The number of benzene rings is 1. The molecule has 1 aromatic rings. The van der Waals surface area contributed by atoms with Crippen molar-refractivity contribution < 1.29 is 14.2 Å². The smallest absolute Gasteiger partial charge is 0.191 e. The van der Waals surface area contributed by atoms with E-state index >= 15 is 0 Å². The second-order valence-electron chi connectivity index (χ2n) is 6.61. The van der Waals surface area contributed by atoms with Crippen molar-refractivity contribution in [3.05, 3.63) is 22.7 Å². The summed E-state index contributed by atoms with van der Waals surface area (Å²) in [6.45, 7) is 5.57. The van der Waals surface area contributed by atoms with Gasteiger partial charge in [-0.05, 0) is 43.9 Å². The van der Waals surface area contributed by atoms with Crippen LogP contribution in [0.5, 0.6) is 11.5 Å². The van der Waals surface area contributed by atoms with Gasteiger partial charge in [0.2, 0.25) is 0 Å². The van der Waals surface area contributed by atoms with E-state index in [2.05, 4.69) is 22.5 Å². The predicted molar refractivity (Wildman–Crippen MR) is 115 cm³/mol. The van der Waals surface area contributed by atoms with Gasteiger partial charge in [0.15, 0.2) is 17.5 Å². The highest BCUT2D eigenvalue weighted by Crippen LogP contribution is 2.38. The lowest BCUT2D eigenvalue weighted by atomic mass is 10.0. The van der Waals surface area contributed by atoms with Crippen LogP contribution in [0.3, 0.4) is 0 Å². The molecule has 0 bridgehead atoms. The summed E-state index contributed by atoms with van der Waals surface area (Å²) in [7, 11) is 1.77. The van der Waals surface area contributed by atoms with Crippen molar-refractivity contribution in [1.29, 1.82) is 0 Å². The molecule has 0 radical (unpaired) electrons. The minimum absolute atomic E-state index is 0. The molecule has 1 aromatic carbocycles. The molecule has 1 saturated heterocycles. The maximum Gasteiger partial charge on any atom is 0.191 e. The van der Waals surface area contributed by atoms with Crippen molar-refractivity contribution in [2.75, 3.05) is 40.0 Å². The van der Waals surface area contributed by atoms with Gasteiger partial charge in [0.25, 0.3) is 0 Å². The van der Waals surface area contributed by atoms with Gasteiger partial charge in [0.1, 0.15) is 13.2 Å². The Hall–Kier alpha value is -0.930. The number of hydrogen-bond acceptors (Lipinski definition) is 4. The average Bonchev–Trinajstić information content (AvgIpc) is 3.05. The molecule has 2 aliphatic rings. The van der Waals surface area contributed by atoms with Gasteiger partial charge in [-0.25, -0.2) is 0 Å². The third-order valence-corrected chi connectivity index (χ3v) is 4.80. The van der Waals surface area contributed by atoms with Crippen LogP contribution in [0.2, 0.25) is 5.02 Å². The Morgan fingerprint density at radius 1 is 1.23 bits per heavy atom. The molecule has 8 heteroatoms. The summed E-state index contributed by atoms with van der Waals surface area (Å²) in [4.78, 5) is 4.27. The van der Waals surface area contributed by atoms with E-state index in [0.29, 0.717) is 24.0 Å². The predicted octanol–water partition coefficient (Wildman–Crippen LogP) is 3.01. The van der Waals surface area contributed by atoms with Gasteiger partial charge in [0, 0.05) is 26.7 Å². The van der Waals surface area contributed by atoms with Gasteiger partial charge in [-0.1, -0.05) is 11.6 Å². The van der Waals surface area contributed by atoms with E-state index in [9.17, 15) is 0 Å². The maximum absolute atomic E-state index is 6.28. The number of rotatable bonds is 5. The van der Waals surface area contributed by atoms with Crippen LogP contribution in [0.25, 0.3) is 0 Å². The number of hydrogen-bond donors (Lipinski definition) is 2. The van der Waals surface area contributed by atoms with Gasteiger partial charge >= 0.3 is 0 Å². The quantitative estimate of drug-likeness (QED) is 0.374. The molecule has 3 rings (SSSR count). The SMILES string of the molecule is CN=C(NCCc1cc(Cl)c2c(c1)OCCO2)NCC1(C)CCCO1.I. The highest BCUT2D eigenvalue weighted by Gasteiger charge is 2.29. The standard InChI is InChI=1S/C18H26ClN3O3.HI/c1-18(5-3-7-25-18)12-22-17(20-2)21-6-4-13-10-14(19)16-15(11-13)23-8-9-24-16;/h10-11H,3-9,12H2,1-2H3,(H2,20,21,22);1H. The zero-order valence-electron chi connectivity index (χ0n) is 15.3. The Bertz CT molecular complexity index is 636. The number of guanidine groups is 1. The zero-order chi connectivity index (χ0) is 17.7. The highest BCUT2D eigenvalue weighted by atomic mass is 127. The number of nitrogens with one attached hydrogen (secondary N) is 2. The third-order valence-electron chi connectivity index (χ3n) is 4.52. The normalized spacial score (nSPS) is 21.9. The summed E-state index contributed by atoms with van der Waals surface area (Å²) in [5, 5.41) is 7.27. The number of fused-ring (bicyclic) bond motifs is 1. The van der Waals surface area contributed by atoms with Gasteiger partial charge in [-0.2, -0.15) is 0 Å². The Labute approximate surface area is 177 Å².